The van der Waals surface area contributed by atoms with E-state index in [0.29, 0.717) is 17.5 Å². The molecule has 0 aliphatic carbocycles. The monoisotopic (exact) mass is 272 g/mol. The smallest absolute Gasteiger partial charge is 0.299 e. The second kappa shape index (κ2) is 5.29. The maximum absolute atomic E-state index is 5.67. The minimum absolute atomic E-state index is 0.530. The third-order valence-corrected chi connectivity index (χ3v) is 3.35. The summed E-state index contributed by atoms with van der Waals surface area (Å²) >= 11 is 1.42. The van der Waals surface area contributed by atoms with Crippen molar-refractivity contribution < 1.29 is 4.74 Å². The van der Waals surface area contributed by atoms with E-state index in [9.17, 15) is 0 Å². The molecule has 19 heavy (non-hydrogen) atoms. The van der Waals surface area contributed by atoms with Crippen LogP contribution in [0, 0.1) is 0 Å². The van der Waals surface area contributed by atoms with Crippen LogP contribution in [0.15, 0.2) is 36.5 Å². The first-order valence-electron chi connectivity index (χ1n) is 5.85. The molecule has 0 aliphatic heterocycles. The Hall–Kier alpha value is -2.05. The molecule has 2 aromatic heterocycles. The van der Waals surface area contributed by atoms with Crippen molar-refractivity contribution in [2.24, 2.45) is 0 Å². The Labute approximate surface area is 114 Å². The molecule has 0 aliphatic rings. The van der Waals surface area contributed by atoms with Crippen LogP contribution in [0.1, 0.15) is 5.01 Å². The zero-order valence-corrected chi connectivity index (χ0v) is 11.1. The zero-order valence-electron chi connectivity index (χ0n) is 10.3. The lowest BCUT2D eigenvalue weighted by atomic mass is 10.2. The normalized spacial score (nSPS) is 10.8. The van der Waals surface area contributed by atoms with Crippen LogP contribution in [-0.4, -0.2) is 22.2 Å². The summed E-state index contributed by atoms with van der Waals surface area (Å²) in [5.74, 6) is 0.672. The highest BCUT2D eigenvalue weighted by Gasteiger charge is 2.06. The van der Waals surface area contributed by atoms with E-state index in [4.69, 9.17) is 4.74 Å². The largest absolute Gasteiger partial charge is 0.428 e. The third kappa shape index (κ3) is 2.69. The van der Waals surface area contributed by atoms with E-state index in [0.717, 1.165) is 15.9 Å². The van der Waals surface area contributed by atoms with E-state index in [-0.39, 0.29) is 0 Å². The molecule has 0 atom stereocenters. The van der Waals surface area contributed by atoms with Gasteiger partial charge < -0.3 is 10.1 Å². The number of rotatable bonds is 4. The summed E-state index contributed by atoms with van der Waals surface area (Å²) in [6, 6.07) is 9.85. The van der Waals surface area contributed by atoms with Crippen LogP contribution in [-0.2, 0) is 6.54 Å². The topological polar surface area (TPSA) is 59.9 Å². The van der Waals surface area contributed by atoms with Gasteiger partial charge in [-0.3, -0.25) is 4.98 Å². The number of fused-ring (bicyclic) bond motifs is 1. The van der Waals surface area contributed by atoms with Crippen LogP contribution in [0.25, 0.3) is 10.9 Å². The van der Waals surface area contributed by atoms with Gasteiger partial charge in [-0.05, 0) is 19.2 Å². The molecule has 2 heterocycles. The number of ether oxygens (including phenoxy) is 1. The molecule has 0 radical (unpaired) electrons. The molecule has 0 bridgehead atoms. The Morgan fingerprint density at radius 3 is 3.05 bits per heavy atom. The highest BCUT2D eigenvalue weighted by Crippen LogP contribution is 2.26. The Bertz CT molecular complexity index is 698. The molecule has 0 fully saturated rings. The summed E-state index contributed by atoms with van der Waals surface area (Å²) in [7, 11) is 1.87. The lowest BCUT2D eigenvalue weighted by Crippen LogP contribution is -2.04. The minimum atomic E-state index is 0.530. The fourth-order valence-corrected chi connectivity index (χ4v) is 2.43. The molecule has 1 aromatic carbocycles. The van der Waals surface area contributed by atoms with Gasteiger partial charge in [-0.2, -0.15) is 0 Å². The van der Waals surface area contributed by atoms with Crippen LogP contribution in [0.3, 0.4) is 0 Å². The van der Waals surface area contributed by atoms with E-state index in [1.54, 1.807) is 6.20 Å². The third-order valence-electron chi connectivity index (χ3n) is 2.55. The van der Waals surface area contributed by atoms with E-state index in [1.807, 2.05) is 37.4 Å². The first-order valence-corrected chi connectivity index (χ1v) is 6.66. The number of nitrogens with one attached hydrogen (secondary N) is 1. The Morgan fingerprint density at radius 2 is 2.16 bits per heavy atom. The zero-order chi connectivity index (χ0) is 13.1. The van der Waals surface area contributed by atoms with Gasteiger partial charge in [-0.25, -0.2) is 0 Å². The molecule has 6 heteroatoms. The molecule has 1 N–H and O–H groups in total. The van der Waals surface area contributed by atoms with Crippen molar-refractivity contribution in [1.82, 2.24) is 20.5 Å². The number of hydrogen-bond acceptors (Lipinski definition) is 6. The van der Waals surface area contributed by atoms with Gasteiger partial charge in [0, 0.05) is 11.9 Å². The average Bonchev–Trinajstić information content (AvgIpc) is 2.86. The van der Waals surface area contributed by atoms with Gasteiger partial charge in [0.2, 0.25) is 0 Å². The molecular formula is C13H12N4OS. The van der Waals surface area contributed by atoms with Crippen LogP contribution in [0.4, 0.5) is 0 Å². The van der Waals surface area contributed by atoms with Crippen LogP contribution >= 0.6 is 11.3 Å². The molecule has 96 valence electrons. The summed E-state index contributed by atoms with van der Waals surface area (Å²) in [5.41, 5.74) is 0.947. The molecule has 5 nitrogen and oxygen atoms in total. The van der Waals surface area contributed by atoms with E-state index in [2.05, 4.69) is 20.5 Å². The summed E-state index contributed by atoms with van der Waals surface area (Å²) in [4.78, 5) is 4.34. The van der Waals surface area contributed by atoms with Gasteiger partial charge >= 0.3 is 0 Å². The predicted molar refractivity (Wildman–Crippen MR) is 74.5 cm³/mol. The van der Waals surface area contributed by atoms with Crippen molar-refractivity contribution in [1.29, 1.82) is 0 Å². The van der Waals surface area contributed by atoms with Gasteiger partial charge in [0.15, 0.2) is 0 Å². The molecule has 0 saturated heterocycles. The highest BCUT2D eigenvalue weighted by molar-refractivity contribution is 7.13. The molecule has 3 aromatic rings. The Balaban J connectivity index is 1.83. The maximum Gasteiger partial charge on any atom is 0.299 e. The SMILES string of the molecule is CNCc1nnc(Oc2cnc3ccccc3c2)s1. The van der Waals surface area contributed by atoms with Gasteiger partial charge in [-0.1, -0.05) is 34.6 Å². The van der Waals surface area contributed by atoms with Crippen LogP contribution in [0.5, 0.6) is 10.9 Å². The van der Waals surface area contributed by atoms with E-state index in [1.165, 1.54) is 11.3 Å². The first kappa shape index (κ1) is 12.0. The number of pyridine rings is 1. The van der Waals surface area contributed by atoms with Crippen molar-refractivity contribution in [3.8, 4) is 10.9 Å². The molecule has 0 unspecified atom stereocenters. The lowest BCUT2D eigenvalue weighted by molar-refractivity contribution is 0.472. The molecule has 0 amide bonds. The summed E-state index contributed by atoms with van der Waals surface area (Å²) in [6.07, 6.45) is 1.70. The number of hydrogen-bond donors (Lipinski definition) is 1. The minimum Gasteiger partial charge on any atom is -0.428 e. The number of benzene rings is 1. The van der Waals surface area contributed by atoms with Gasteiger partial charge in [0.1, 0.15) is 10.8 Å². The molecular weight excluding hydrogens is 260 g/mol. The molecule has 3 rings (SSSR count). The number of para-hydroxylation sites is 1. The summed E-state index contributed by atoms with van der Waals surface area (Å²) in [5, 5.41) is 13.5. The highest BCUT2D eigenvalue weighted by atomic mass is 32.1. The van der Waals surface area contributed by atoms with Gasteiger partial charge in [-0.15, -0.1) is 5.10 Å². The Kier molecular flexibility index (Phi) is 3.35. The standard InChI is InChI=1S/C13H12N4OS/c1-14-8-12-16-17-13(19-12)18-10-6-9-4-2-3-5-11(9)15-7-10/h2-7,14H,8H2,1H3. The first-order chi connectivity index (χ1) is 9.35. The van der Waals surface area contributed by atoms with Crippen molar-refractivity contribution >= 4 is 22.2 Å². The quantitative estimate of drug-likeness (QED) is 0.791. The molecule has 0 spiro atoms. The predicted octanol–water partition coefficient (Wildman–Crippen LogP) is 2.60. The fraction of sp³-hybridized carbons (Fsp3) is 0.154. The van der Waals surface area contributed by atoms with Crippen LogP contribution < -0.4 is 10.1 Å². The van der Waals surface area contributed by atoms with Gasteiger partial charge in [0.05, 0.1) is 11.7 Å². The second-order valence-electron chi connectivity index (χ2n) is 3.96. The van der Waals surface area contributed by atoms with E-state index >= 15 is 0 Å². The maximum atomic E-state index is 5.67. The number of nitrogens with zero attached hydrogens (tertiary/aromatic N) is 3. The molecule has 0 saturated carbocycles. The van der Waals surface area contributed by atoms with Crippen molar-refractivity contribution in [3.05, 3.63) is 41.5 Å². The second-order valence-corrected chi connectivity index (χ2v) is 4.98. The number of aromatic nitrogens is 3. The van der Waals surface area contributed by atoms with Gasteiger partial charge in [0.25, 0.3) is 5.19 Å². The van der Waals surface area contributed by atoms with Crippen molar-refractivity contribution in [3.63, 3.8) is 0 Å². The van der Waals surface area contributed by atoms with Crippen molar-refractivity contribution in [2.45, 2.75) is 6.54 Å². The van der Waals surface area contributed by atoms with Crippen molar-refractivity contribution in [2.75, 3.05) is 7.05 Å². The fourth-order valence-electron chi connectivity index (χ4n) is 1.71. The Morgan fingerprint density at radius 1 is 1.26 bits per heavy atom. The lowest BCUT2D eigenvalue weighted by Gasteiger charge is -2.02. The summed E-state index contributed by atoms with van der Waals surface area (Å²) in [6.45, 7) is 0.691. The average molecular weight is 272 g/mol. The van der Waals surface area contributed by atoms with Crippen LogP contribution in [0.2, 0.25) is 0 Å². The van der Waals surface area contributed by atoms with E-state index < -0.39 is 0 Å². The summed E-state index contributed by atoms with van der Waals surface area (Å²) < 4.78 is 5.67.